The van der Waals surface area contributed by atoms with Crippen molar-refractivity contribution in [3.63, 3.8) is 0 Å². The molecule has 8 heteroatoms. The third-order valence-electron chi connectivity index (χ3n) is 5.52. The highest BCUT2D eigenvalue weighted by Crippen LogP contribution is 2.44. The van der Waals surface area contributed by atoms with Crippen LogP contribution in [0.2, 0.25) is 0 Å². The molecule has 24 heavy (non-hydrogen) atoms. The van der Waals surface area contributed by atoms with Gasteiger partial charge in [0.2, 0.25) is 10.0 Å². The second kappa shape index (κ2) is 5.42. The molecule has 4 heterocycles. The fourth-order valence-electron chi connectivity index (χ4n) is 4.44. The van der Waals surface area contributed by atoms with E-state index in [1.54, 1.807) is 29.2 Å². The van der Waals surface area contributed by atoms with Gasteiger partial charge < -0.3 is 0 Å². The molecule has 2 aromatic heterocycles. The van der Waals surface area contributed by atoms with E-state index in [2.05, 4.69) is 10.2 Å². The summed E-state index contributed by atoms with van der Waals surface area (Å²) in [6, 6.07) is 2.33. The summed E-state index contributed by atoms with van der Waals surface area (Å²) in [5.74, 6) is 0. The molecule has 2 fully saturated rings. The normalized spacial score (nSPS) is 27.7. The first kappa shape index (κ1) is 15.8. The van der Waals surface area contributed by atoms with Crippen molar-refractivity contribution in [3.05, 3.63) is 29.8 Å². The lowest BCUT2D eigenvalue weighted by Crippen LogP contribution is -2.47. The molecule has 2 unspecified atom stereocenters. The highest BCUT2D eigenvalue weighted by Gasteiger charge is 2.48. The Morgan fingerprint density at radius 2 is 1.79 bits per heavy atom. The van der Waals surface area contributed by atoms with Gasteiger partial charge in [-0.1, -0.05) is 0 Å². The summed E-state index contributed by atoms with van der Waals surface area (Å²) in [5, 5.41) is 8.64. The molecule has 0 amide bonds. The molecule has 0 N–H and O–H groups in total. The summed E-state index contributed by atoms with van der Waals surface area (Å²) in [7, 11) is -1.72. The van der Waals surface area contributed by atoms with Gasteiger partial charge in [0, 0.05) is 31.5 Å². The lowest BCUT2D eigenvalue weighted by Gasteiger charge is -2.37. The SMILES string of the molecule is Cc1nn(C)c(C)c1S(=O)(=O)N1C2CCC1CC(n1cccn1)C2. The van der Waals surface area contributed by atoms with E-state index in [-0.39, 0.29) is 12.1 Å². The van der Waals surface area contributed by atoms with Crippen LogP contribution in [-0.2, 0) is 17.1 Å². The minimum Gasteiger partial charge on any atom is -0.271 e. The summed E-state index contributed by atoms with van der Waals surface area (Å²) in [6.07, 6.45) is 7.28. The van der Waals surface area contributed by atoms with Crippen molar-refractivity contribution >= 4 is 10.0 Å². The molecular formula is C16H23N5O2S. The first-order chi connectivity index (χ1) is 11.4. The fraction of sp³-hybridized carbons (Fsp3) is 0.625. The maximum atomic E-state index is 13.3. The molecule has 0 saturated carbocycles. The Labute approximate surface area is 142 Å². The molecule has 2 aliphatic rings. The molecule has 0 aliphatic carbocycles. The van der Waals surface area contributed by atoms with Crippen LogP contribution < -0.4 is 0 Å². The molecular weight excluding hydrogens is 326 g/mol. The van der Waals surface area contributed by atoms with Gasteiger partial charge in [-0.05, 0) is 45.6 Å². The molecule has 2 aliphatic heterocycles. The van der Waals surface area contributed by atoms with Crippen molar-refractivity contribution in [2.45, 2.75) is 62.6 Å². The second-order valence-corrected chi connectivity index (χ2v) is 8.73. The minimum atomic E-state index is -3.51. The maximum absolute atomic E-state index is 13.3. The molecule has 2 saturated heterocycles. The van der Waals surface area contributed by atoms with E-state index in [4.69, 9.17) is 0 Å². The van der Waals surface area contributed by atoms with Crippen molar-refractivity contribution < 1.29 is 8.42 Å². The van der Waals surface area contributed by atoms with Crippen molar-refractivity contribution in [1.29, 1.82) is 0 Å². The number of piperidine rings is 1. The molecule has 2 atom stereocenters. The Kier molecular flexibility index (Phi) is 3.58. The lowest BCUT2D eigenvalue weighted by atomic mass is 10.00. The van der Waals surface area contributed by atoms with E-state index in [0.29, 0.717) is 22.3 Å². The van der Waals surface area contributed by atoms with Gasteiger partial charge in [0.05, 0.1) is 17.4 Å². The molecule has 0 aromatic carbocycles. The Morgan fingerprint density at radius 1 is 1.12 bits per heavy atom. The van der Waals surface area contributed by atoms with Crippen LogP contribution >= 0.6 is 0 Å². The number of hydrogen-bond donors (Lipinski definition) is 0. The van der Waals surface area contributed by atoms with E-state index in [1.807, 2.05) is 23.9 Å². The minimum absolute atomic E-state index is 0.0574. The largest absolute Gasteiger partial charge is 0.271 e. The summed E-state index contributed by atoms with van der Waals surface area (Å²) in [5.41, 5.74) is 1.30. The molecule has 0 radical (unpaired) electrons. The van der Waals surface area contributed by atoms with Crippen molar-refractivity contribution in [1.82, 2.24) is 23.9 Å². The van der Waals surface area contributed by atoms with Crippen LogP contribution in [0.3, 0.4) is 0 Å². The molecule has 2 bridgehead atoms. The Bertz CT molecular complexity index is 841. The van der Waals surface area contributed by atoms with Crippen molar-refractivity contribution in [2.75, 3.05) is 0 Å². The van der Waals surface area contributed by atoms with Crippen LogP contribution in [-0.4, -0.2) is 44.4 Å². The summed E-state index contributed by atoms with van der Waals surface area (Å²) < 4.78 is 32.1. The molecule has 7 nitrogen and oxygen atoms in total. The monoisotopic (exact) mass is 349 g/mol. The smallest absolute Gasteiger partial charge is 0.247 e. The van der Waals surface area contributed by atoms with Gasteiger partial charge in [0.25, 0.3) is 0 Å². The van der Waals surface area contributed by atoms with Gasteiger partial charge >= 0.3 is 0 Å². The van der Waals surface area contributed by atoms with Crippen LogP contribution in [0.5, 0.6) is 0 Å². The number of sulfonamides is 1. The number of rotatable bonds is 3. The summed E-state index contributed by atoms with van der Waals surface area (Å²) in [6.45, 7) is 3.60. The predicted molar refractivity (Wildman–Crippen MR) is 89.0 cm³/mol. The number of fused-ring (bicyclic) bond motifs is 2. The Hall–Kier alpha value is -1.67. The van der Waals surface area contributed by atoms with E-state index in [1.165, 1.54) is 0 Å². The van der Waals surface area contributed by atoms with Crippen molar-refractivity contribution in [3.8, 4) is 0 Å². The standard InChI is InChI=1S/C16H23N5O2S/c1-11-16(12(2)19(3)18-11)24(22,23)21-13-5-6-14(21)10-15(9-13)20-8-4-7-17-20/h4,7-8,13-15H,5-6,9-10H2,1-3H3. The van der Waals surface area contributed by atoms with Gasteiger partial charge in [-0.2, -0.15) is 14.5 Å². The third-order valence-corrected chi connectivity index (χ3v) is 7.78. The average Bonchev–Trinajstić information content (AvgIpc) is 3.19. The quantitative estimate of drug-likeness (QED) is 0.847. The van der Waals surface area contributed by atoms with Gasteiger partial charge in [-0.15, -0.1) is 0 Å². The lowest BCUT2D eigenvalue weighted by molar-refractivity contribution is 0.184. The van der Waals surface area contributed by atoms with Crippen molar-refractivity contribution in [2.24, 2.45) is 7.05 Å². The molecule has 130 valence electrons. The average molecular weight is 349 g/mol. The van der Waals surface area contributed by atoms with E-state index in [9.17, 15) is 8.42 Å². The highest BCUT2D eigenvalue weighted by molar-refractivity contribution is 7.89. The Balaban J connectivity index is 1.68. The number of nitrogens with zero attached hydrogens (tertiary/aromatic N) is 5. The zero-order valence-electron chi connectivity index (χ0n) is 14.3. The molecule has 4 rings (SSSR count). The Morgan fingerprint density at radius 3 is 2.29 bits per heavy atom. The zero-order valence-corrected chi connectivity index (χ0v) is 15.1. The highest BCUT2D eigenvalue weighted by atomic mass is 32.2. The van der Waals surface area contributed by atoms with Crippen LogP contribution in [0.1, 0.15) is 43.1 Å². The zero-order chi connectivity index (χ0) is 17.1. The summed E-state index contributed by atoms with van der Waals surface area (Å²) >= 11 is 0. The van der Waals surface area contributed by atoms with Crippen LogP contribution in [0.4, 0.5) is 0 Å². The predicted octanol–water partition coefficient (Wildman–Crippen LogP) is 1.79. The van der Waals surface area contributed by atoms with Crippen LogP contribution in [0, 0.1) is 13.8 Å². The maximum Gasteiger partial charge on any atom is 0.247 e. The topological polar surface area (TPSA) is 73.0 Å². The number of hydrogen-bond acceptors (Lipinski definition) is 4. The third kappa shape index (κ3) is 2.23. The fourth-order valence-corrected chi connectivity index (χ4v) is 6.74. The molecule has 0 spiro atoms. The van der Waals surface area contributed by atoms with Crippen LogP contribution in [0.15, 0.2) is 23.4 Å². The van der Waals surface area contributed by atoms with Gasteiger partial charge in [0.1, 0.15) is 4.90 Å². The number of aromatic nitrogens is 4. The molecule has 2 aromatic rings. The van der Waals surface area contributed by atoms with E-state index < -0.39 is 10.0 Å². The number of aryl methyl sites for hydroxylation is 2. The summed E-state index contributed by atoms with van der Waals surface area (Å²) in [4.78, 5) is 0.388. The van der Waals surface area contributed by atoms with Gasteiger partial charge in [-0.25, -0.2) is 8.42 Å². The van der Waals surface area contributed by atoms with Crippen LogP contribution in [0.25, 0.3) is 0 Å². The first-order valence-corrected chi connectivity index (χ1v) is 9.86. The van der Waals surface area contributed by atoms with Gasteiger partial charge in [0.15, 0.2) is 0 Å². The first-order valence-electron chi connectivity index (χ1n) is 8.42. The van der Waals surface area contributed by atoms with E-state index >= 15 is 0 Å². The second-order valence-electron chi connectivity index (χ2n) is 6.95. The van der Waals surface area contributed by atoms with E-state index in [0.717, 1.165) is 25.7 Å². The van der Waals surface area contributed by atoms with Gasteiger partial charge in [-0.3, -0.25) is 9.36 Å².